The molecule has 0 saturated carbocycles. The van der Waals surface area contributed by atoms with Gasteiger partial charge >= 0.3 is 5.97 Å². The maximum atomic E-state index is 14.2. The number of fused-ring (bicyclic) bond motifs is 1. The van der Waals surface area contributed by atoms with E-state index < -0.39 is 18.1 Å². The van der Waals surface area contributed by atoms with Crippen molar-refractivity contribution >= 4 is 22.8 Å². The summed E-state index contributed by atoms with van der Waals surface area (Å²) >= 11 is 0. The lowest BCUT2D eigenvalue weighted by Gasteiger charge is -2.36. The average Bonchev–Trinajstić information content (AvgIpc) is 3.44. The maximum absolute atomic E-state index is 14.2. The molecule has 1 heterocycles. The largest absolute Gasteiger partial charge is 0.493 e. The molecule has 234 valence electrons. The number of aromatic nitrogens is 1. The lowest BCUT2D eigenvalue weighted by molar-refractivity contribution is -0.139. The molecule has 0 spiro atoms. The molecule has 1 amide bonds. The summed E-state index contributed by atoms with van der Waals surface area (Å²) in [6, 6.07) is 20.4. The summed E-state index contributed by atoms with van der Waals surface area (Å²) in [6.07, 6.45) is 2.73. The van der Waals surface area contributed by atoms with Crippen LogP contribution < -0.4 is 19.6 Å². The van der Waals surface area contributed by atoms with Gasteiger partial charge in [-0.2, -0.15) is 0 Å². The van der Waals surface area contributed by atoms with Gasteiger partial charge in [0.1, 0.15) is 6.04 Å². The first-order valence-corrected chi connectivity index (χ1v) is 14.6. The van der Waals surface area contributed by atoms with Crippen molar-refractivity contribution in [3.63, 3.8) is 0 Å². The number of nitrogens with one attached hydrogen (secondary N) is 2. The highest BCUT2D eigenvalue weighted by molar-refractivity contribution is 5.83. The minimum atomic E-state index is -0.913. The third-order valence-electron chi connectivity index (χ3n) is 7.70. The Morgan fingerprint density at radius 1 is 0.909 bits per heavy atom. The topological polar surface area (TPSA) is 116 Å². The van der Waals surface area contributed by atoms with Crippen molar-refractivity contribution < 1.29 is 28.9 Å². The van der Waals surface area contributed by atoms with Crippen LogP contribution in [0.25, 0.3) is 10.9 Å². The van der Waals surface area contributed by atoms with Crippen LogP contribution in [0.4, 0.5) is 0 Å². The fraction of sp³-hybridized carbons (Fsp3) is 0.353. The Morgan fingerprint density at radius 2 is 1.57 bits per heavy atom. The molecule has 1 aromatic heterocycles. The highest BCUT2D eigenvalue weighted by Gasteiger charge is 2.31. The molecule has 4 aromatic rings. The number of carbonyl (C=O) groups is 2. The Hall–Kier alpha value is -4.54. The number of hydrogen-bond acceptors (Lipinski definition) is 7. The smallest absolute Gasteiger partial charge is 0.304 e. The van der Waals surface area contributed by atoms with Crippen molar-refractivity contribution in [3.05, 3.63) is 89.6 Å². The van der Waals surface area contributed by atoms with Crippen LogP contribution in [0.15, 0.2) is 72.9 Å². The van der Waals surface area contributed by atoms with E-state index in [0.29, 0.717) is 43.2 Å². The Morgan fingerprint density at radius 3 is 2.18 bits per heavy atom. The van der Waals surface area contributed by atoms with Crippen molar-refractivity contribution in [2.45, 2.75) is 44.8 Å². The lowest BCUT2D eigenvalue weighted by atomic mass is 10.0. The van der Waals surface area contributed by atoms with Gasteiger partial charge in [-0.25, -0.2) is 5.01 Å². The fourth-order valence-corrected chi connectivity index (χ4v) is 5.58. The second-order valence-electron chi connectivity index (χ2n) is 10.7. The molecule has 44 heavy (non-hydrogen) atoms. The molecule has 0 saturated heterocycles. The van der Waals surface area contributed by atoms with Gasteiger partial charge in [0.2, 0.25) is 11.7 Å². The number of likely N-dealkylation sites (N-methyl/N-ethyl adjacent to an activating group) is 2. The number of benzene rings is 3. The van der Waals surface area contributed by atoms with E-state index in [9.17, 15) is 14.7 Å². The van der Waals surface area contributed by atoms with Gasteiger partial charge in [0.05, 0.1) is 27.8 Å². The van der Waals surface area contributed by atoms with Gasteiger partial charge < -0.3 is 29.2 Å². The molecule has 0 radical (unpaired) electrons. The Balaban J connectivity index is 1.61. The average molecular weight is 603 g/mol. The second-order valence-corrected chi connectivity index (χ2v) is 10.7. The lowest BCUT2D eigenvalue weighted by Crippen LogP contribution is -2.57. The number of amides is 1. The molecular weight excluding hydrogens is 560 g/mol. The molecule has 0 unspecified atom stereocenters. The number of carboxylic acids is 1. The maximum Gasteiger partial charge on any atom is 0.304 e. The minimum absolute atomic E-state index is 0.108. The van der Waals surface area contributed by atoms with Crippen molar-refractivity contribution in [2.24, 2.45) is 0 Å². The number of hydrazine groups is 1. The second kappa shape index (κ2) is 15.3. The standard InChI is InChI=1S/C34H42N4O6/c1-6-38(36-26(20-32(39)40)19-25-21-35-28-15-11-10-14-27(25)28)29(16-23-12-8-7-9-13-23)34(41)37(2)22-24-17-30(42-3)33(44-5)31(18-24)43-4/h7-15,17-18,21,26,29,35-36H,6,16,19-20,22H2,1-5H3,(H,39,40)/t26-,29-/m0/s1. The molecule has 0 bridgehead atoms. The van der Waals surface area contributed by atoms with E-state index in [0.717, 1.165) is 27.6 Å². The Bertz CT molecular complexity index is 1510. The molecule has 0 aliphatic carbocycles. The molecular formula is C34H42N4O6. The first-order valence-electron chi connectivity index (χ1n) is 14.6. The van der Waals surface area contributed by atoms with Crippen LogP contribution >= 0.6 is 0 Å². The zero-order valence-corrected chi connectivity index (χ0v) is 26.0. The van der Waals surface area contributed by atoms with Crippen LogP contribution in [0.3, 0.4) is 0 Å². The predicted octanol–water partition coefficient (Wildman–Crippen LogP) is 4.68. The quantitative estimate of drug-likeness (QED) is 0.159. The number of carbonyl (C=O) groups excluding carboxylic acids is 1. The Labute approximate surface area is 258 Å². The van der Waals surface area contributed by atoms with Crippen LogP contribution in [0, 0.1) is 0 Å². The van der Waals surface area contributed by atoms with Crippen LogP contribution in [0.1, 0.15) is 30.0 Å². The van der Waals surface area contributed by atoms with E-state index in [1.807, 2.05) is 84.9 Å². The fourth-order valence-electron chi connectivity index (χ4n) is 5.58. The SMILES string of the molecule is CCN(N[C@H](CC(=O)O)Cc1c[nH]c2ccccc12)[C@@H](Cc1ccccc1)C(=O)N(C)Cc1cc(OC)c(OC)c(OC)c1. The summed E-state index contributed by atoms with van der Waals surface area (Å²) < 4.78 is 16.5. The van der Waals surface area contributed by atoms with Gasteiger partial charge in [0, 0.05) is 43.3 Å². The number of aliphatic carboxylic acids is 1. The van der Waals surface area contributed by atoms with Gasteiger partial charge in [-0.1, -0.05) is 55.5 Å². The first kappa shape index (κ1) is 32.4. The zero-order valence-electron chi connectivity index (χ0n) is 26.0. The number of H-pyrrole nitrogens is 1. The van der Waals surface area contributed by atoms with Crippen molar-refractivity contribution in [2.75, 3.05) is 34.9 Å². The van der Waals surface area contributed by atoms with Crippen LogP contribution in [-0.2, 0) is 29.0 Å². The molecule has 0 fully saturated rings. The van der Waals surface area contributed by atoms with E-state index in [-0.39, 0.29) is 12.3 Å². The molecule has 10 heteroatoms. The summed E-state index contributed by atoms with van der Waals surface area (Å²) in [4.78, 5) is 31.1. The van der Waals surface area contributed by atoms with E-state index >= 15 is 0 Å². The van der Waals surface area contributed by atoms with Crippen molar-refractivity contribution in [1.82, 2.24) is 20.3 Å². The highest BCUT2D eigenvalue weighted by atomic mass is 16.5. The van der Waals surface area contributed by atoms with Crippen LogP contribution in [-0.4, -0.2) is 78.9 Å². The van der Waals surface area contributed by atoms with Gasteiger partial charge in [-0.3, -0.25) is 15.0 Å². The van der Waals surface area contributed by atoms with Gasteiger partial charge in [0.15, 0.2) is 11.5 Å². The van der Waals surface area contributed by atoms with Gasteiger partial charge in [0.25, 0.3) is 0 Å². The number of rotatable bonds is 16. The van der Waals surface area contributed by atoms with E-state index in [1.54, 1.807) is 33.3 Å². The molecule has 0 aliphatic rings. The first-order chi connectivity index (χ1) is 21.3. The minimum Gasteiger partial charge on any atom is -0.493 e. The number of ether oxygens (including phenoxy) is 3. The molecule has 2 atom stereocenters. The van der Waals surface area contributed by atoms with Gasteiger partial charge in [-0.15, -0.1) is 0 Å². The number of carboxylic acid groups (broad SMARTS) is 1. The summed E-state index contributed by atoms with van der Waals surface area (Å²) in [6.45, 7) is 2.73. The van der Waals surface area contributed by atoms with Crippen LogP contribution in [0.2, 0.25) is 0 Å². The third kappa shape index (κ3) is 7.89. The molecule has 4 rings (SSSR count). The number of para-hydroxylation sites is 1. The number of methoxy groups -OCH3 is 3. The predicted molar refractivity (Wildman–Crippen MR) is 170 cm³/mol. The summed E-state index contributed by atoms with van der Waals surface area (Å²) in [5.41, 5.74) is 7.27. The molecule has 0 aliphatic heterocycles. The van der Waals surface area contributed by atoms with E-state index in [1.165, 1.54) is 0 Å². The monoisotopic (exact) mass is 602 g/mol. The highest BCUT2D eigenvalue weighted by Crippen LogP contribution is 2.38. The molecule has 3 N–H and O–H groups in total. The van der Waals surface area contributed by atoms with Crippen molar-refractivity contribution in [1.29, 1.82) is 0 Å². The summed E-state index contributed by atoms with van der Waals surface area (Å²) in [5, 5.41) is 12.7. The Kier molecular flexibility index (Phi) is 11.2. The van der Waals surface area contributed by atoms with Crippen molar-refractivity contribution in [3.8, 4) is 17.2 Å². The molecule has 10 nitrogen and oxygen atoms in total. The third-order valence-corrected chi connectivity index (χ3v) is 7.70. The molecule has 3 aromatic carbocycles. The van der Waals surface area contributed by atoms with Gasteiger partial charge in [-0.05, 0) is 47.7 Å². The number of hydrogen-bond donors (Lipinski definition) is 3. The normalized spacial score (nSPS) is 12.6. The summed E-state index contributed by atoms with van der Waals surface area (Å²) in [7, 11) is 6.42. The number of aromatic amines is 1. The van der Waals surface area contributed by atoms with Crippen LogP contribution in [0.5, 0.6) is 17.2 Å². The zero-order chi connectivity index (χ0) is 31.6. The number of nitrogens with zero attached hydrogens (tertiary/aromatic N) is 2. The summed E-state index contributed by atoms with van der Waals surface area (Å²) in [5.74, 6) is 0.473. The van der Waals surface area contributed by atoms with E-state index in [2.05, 4.69) is 10.4 Å². The van der Waals surface area contributed by atoms with E-state index in [4.69, 9.17) is 14.2 Å².